The molecule has 0 bridgehead atoms. The molecule has 0 aliphatic heterocycles. The Morgan fingerprint density at radius 2 is 1.05 bits per heavy atom. The molecule has 0 amide bonds. The van der Waals surface area contributed by atoms with Crippen LogP contribution in [0.1, 0.15) is 46.3 Å². The van der Waals surface area contributed by atoms with Crippen LogP contribution in [-0.4, -0.2) is 17.2 Å². The second-order valence-corrected chi connectivity index (χ2v) is 10.4. The predicted octanol–water partition coefficient (Wildman–Crippen LogP) is 6.84. The molecule has 1 heterocycles. The Morgan fingerprint density at radius 1 is 0.659 bits per heavy atom. The first-order valence-electron chi connectivity index (χ1n) is 13.3. The van der Waals surface area contributed by atoms with E-state index in [4.69, 9.17) is 20.2 Å². The van der Waals surface area contributed by atoms with Crippen LogP contribution >= 0.6 is 11.8 Å². The van der Waals surface area contributed by atoms with E-state index in [1.807, 2.05) is 128 Å². The maximum atomic E-state index is 11.1. The van der Waals surface area contributed by atoms with Crippen molar-refractivity contribution in [3.8, 4) is 11.5 Å². The van der Waals surface area contributed by atoms with Gasteiger partial charge in [0, 0.05) is 10.5 Å². The molecule has 1 atom stereocenters. The van der Waals surface area contributed by atoms with Gasteiger partial charge in [0.25, 0.3) is 11.9 Å². The predicted molar refractivity (Wildman–Crippen MR) is 161 cm³/mol. The summed E-state index contributed by atoms with van der Waals surface area (Å²) in [5.41, 5.74) is 4.33. The molecule has 5 rings (SSSR count). The summed E-state index contributed by atoms with van der Waals surface area (Å²) in [4.78, 5) is 5.25. The molecule has 7 heteroatoms. The van der Waals surface area contributed by atoms with Crippen LogP contribution in [0.5, 0.6) is 11.5 Å². The zero-order valence-electron chi connectivity index (χ0n) is 22.7. The molecule has 0 aliphatic carbocycles. The quantitative estimate of drug-likeness (QED) is 0.0980. The van der Waals surface area contributed by atoms with Crippen molar-refractivity contribution >= 4 is 11.8 Å². The number of nitrogens with zero attached hydrogens (tertiary/aromatic N) is 1. The highest BCUT2D eigenvalue weighted by Crippen LogP contribution is 2.39. The first-order chi connectivity index (χ1) is 20.2. The summed E-state index contributed by atoms with van der Waals surface area (Å²) >= 11 is 1.56. The largest absolute Gasteiger partial charge is 0.477 e. The highest BCUT2D eigenvalue weighted by molar-refractivity contribution is 7.98. The van der Waals surface area contributed by atoms with Crippen LogP contribution in [0.4, 0.5) is 0 Å². The third-order valence-corrected chi connectivity index (χ3v) is 7.37. The third kappa shape index (κ3) is 6.89. The number of pyridine rings is 1. The molecule has 0 radical (unpaired) electrons. The lowest BCUT2D eigenvalue weighted by atomic mass is 10.0. The van der Waals surface area contributed by atoms with E-state index in [1.54, 1.807) is 17.8 Å². The first-order valence-corrected chi connectivity index (χ1v) is 14.7. The minimum absolute atomic E-state index is 0.366. The van der Waals surface area contributed by atoms with E-state index in [2.05, 4.69) is 0 Å². The van der Waals surface area contributed by atoms with Gasteiger partial charge in [0.2, 0.25) is 5.75 Å². The molecule has 3 N–H and O–H groups in total. The second-order valence-electron chi connectivity index (χ2n) is 9.49. The standard InChI is InChI=1S/C34H33N2O4S/c1-41-24-32(40-35)29-22-30(38-33(25-14-6-2-7-15-25)26-16-8-3-9-17-26)31(23-36(29)37)39-34(27-18-10-4-11-19-27)28-20-12-5-13-21-28/h2-23,32-34,37H,24,35H2,1H3/q+1/t32-/m1/s1. The molecule has 1 aromatic heterocycles. The molecule has 0 saturated carbocycles. The maximum absolute atomic E-state index is 11.1. The van der Waals surface area contributed by atoms with E-state index >= 15 is 0 Å². The molecular weight excluding hydrogens is 532 g/mol. The molecule has 6 nitrogen and oxygen atoms in total. The Kier molecular flexibility index (Phi) is 9.54. The van der Waals surface area contributed by atoms with Gasteiger partial charge in [0.1, 0.15) is 12.2 Å². The van der Waals surface area contributed by atoms with Crippen molar-refractivity contribution in [3.63, 3.8) is 0 Å². The van der Waals surface area contributed by atoms with Crippen LogP contribution in [0, 0.1) is 0 Å². The number of aromatic nitrogens is 1. The van der Waals surface area contributed by atoms with Gasteiger partial charge in [-0.2, -0.15) is 11.8 Å². The molecule has 0 saturated heterocycles. The molecule has 0 fully saturated rings. The fourth-order valence-electron chi connectivity index (χ4n) is 4.71. The van der Waals surface area contributed by atoms with Gasteiger partial charge in [-0.15, -0.1) is 0 Å². The summed E-state index contributed by atoms with van der Waals surface area (Å²) in [5.74, 6) is 7.00. The van der Waals surface area contributed by atoms with Crippen molar-refractivity contribution in [2.45, 2.75) is 18.3 Å². The average molecular weight is 566 g/mol. The Hall–Kier alpha value is -4.30. The van der Waals surface area contributed by atoms with Crippen molar-refractivity contribution in [1.29, 1.82) is 0 Å². The summed E-state index contributed by atoms with van der Waals surface area (Å²) in [5, 5.41) is 11.1. The van der Waals surface area contributed by atoms with Crippen molar-refractivity contribution in [2.75, 3.05) is 12.0 Å². The van der Waals surface area contributed by atoms with Crippen molar-refractivity contribution in [3.05, 3.63) is 162 Å². The van der Waals surface area contributed by atoms with Crippen LogP contribution < -0.4 is 20.1 Å². The number of hydrogen-bond donors (Lipinski definition) is 2. The number of nitrogens with two attached hydrogens (primary N) is 1. The second kappa shape index (κ2) is 13.9. The lowest BCUT2D eigenvalue weighted by Gasteiger charge is -2.24. The van der Waals surface area contributed by atoms with E-state index in [9.17, 15) is 5.21 Å². The van der Waals surface area contributed by atoms with Crippen molar-refractivity contribution in [1.82, 2.24) is 0 Å². The Bertz CT molecular complexity index is 1430. The van der Waals surface area contributed by atoms with Crippen LogP contribution in [0.2, 0.25) is 0 Å². The zero-order valence-corrected chi connectivity index (χ0v) is 23.6. The van der Waals surface area contributed by atoms with Gasteiger partial charge in [-0.1, -0.05) is 121 Å². The molecule has 0 spiro atoms. The minimum atomic E-state index is -0.572. The fourth-order valence-corrected chi connectivity index (χ4v) is 5.26. The highest BCUT2D eigenvalue weighted by Gasteiger charge is 2.31. The first kappa shape index (κ1) is 28.2. The number of thioether (sulfide) groups is 1. The Labute approximate surface area is 244 Å². The fraction of sp³-hybridized carbons (Fsp3) is 0.147. The smallest absolute Gasteiger partial charge is 0.269 e. The Balaban J connectivity index is 1.63. The molecule has 4 aromatic carbocycles. The van der Waals surface area contributed by atoms with Crippen LogP contribution in [0.3, 0.4) is 0 Å². The molecule has 5 aromatic rings. The van der Waals surface area contributed by atoms with E-state index in [-0.39, 0.29) is 0 Å². The van der Waals surface area contributed by atoms with E-state index in [1.165, 1.54) is 6.20 Å². The monoisotopic (exact) mass is 565 g/mol. The van der Waals surface area contributed by atoms with Gasteiger partial charge in [-0.05, 0) is 28.5 Å². The van der Waals surface area contributed by atoms with Crippen molar-refractivity contribution < 1.29 is 24.2 Å². The van der Waals surface area contributed by atoms with Crippen LogP contribution in [-0.2, 0) is 4.84 Å². The van der Waals surface area contributed by atoms with Gasteiger partial charge < -0.3 is 9.47 Å². The van der Waals surface area contributed by atoms with Gasteiger partial charge in [-0.3, -0.25) is 10.0 Å². The van der Waals surface area contributed by atoms with E-state index in [0.717, 1.165) is 27.0 Å². The topological polar surface area (TPSA) is 77.8 Å². The number of rotatable bonds is 12. The summed E-state index contributed by atoms with van der Waals surface area (Å²) < 4.78 is 14.5. The molecular formula is C34H33N2O4S+. The summed E-state index contributed by atoms with van der Waals surface area (Å²) in [6.07, 6.45) is 2.01. The lowest BCUT2D eigenvalue weighted by Crippen LogP contribution is -2.38. The van der Waals surface area contributed by atoms with Crippen LogP contribution in [0.15, 0.2) is 134 Å². The zero-order chi connectivity index (χ0) is 28.4. The number of benzene rings is 4. The molecule has 0 aliphatic rings. The molecule has 0 unspecified atom stereocenters. The summed E-state index contributed by atoms with van der Waals surface area (Å²) in [6.45, 7) is 0. The highest BCUT2D eigenvalue weighted by atomic mass is 32.2. The normalized spacial score (nSPS) is 11.9. The van der Waals surface area contributed by atoms with Crippen molar-refractivity contribution in [2.24, 2.45) is 5.90 Å². The lowest BCUT2D eigenvalue weighted by molar-refractivity contribution is -0.911. The number of ether oxygens (including phenoxy) is 2. The van der Waals surface area contributed by atoms with Gasteiger partial charge in [-0.25, -0.2) is 5.90 Å². The van der Waals surface area contributed by atoms with Crippen LogP contribution in [0.25, 0.3) is 0 Å². The minimum Gasteiger partial charge on any atom is -0.477 e. The average Bonchev–Trinajstić information content (AvgIpc) is 3.04. The SMILES string of the molecule is CSC[C@@H](ON)c1cc(OC(c2ccccc2)c2ccccc2)c(OC(c2ccccc2)c2ccccc2)c[n+]1O. The van der Waals surface area contributed by atoms with E-state index in [0.29, 0.717) is 22.9 Å². The van der Waals surface area contributed by atoms with Gasteiger partial charge >= 0.3 is 0 Å². The molecule has 208 valence electrons. The van der Waals surface area contributed by atoms with E-state index < -0.39 is 18.3 Å². The third-order valence-electron chi connectivity index (χ3n) is 6.74. The number of hydrogen-bond acceptors (Lipinski definition) is 6. The summed E-state index contributed by atoms with van der Waals surface area (Å²) in [6, 6.07) is 41.7. The molecule has 41 heavy (non-hydrogen) atoms. The summed E-state index contributed by atoms with van der Waals surface area (Å²) in [7, 11) is 0. The Morgan fingerprint density at radius 3 is 1.41 bits per heavy atom. The van der Waals surface area contributed by atoms with Gasteiger partial charge in [0.05, 0.1) is 6.07 Å². The van der Waals surface area contributed by atoms with Gasteiger partial charge in [0.15, 0.2) is 11.9 Å². The maximum Gasteiger partial charge on any atom is 0.269 e.